The van der Waals surface area contributed by atoms with Gasteiger partial charge in [0.05, 0.1) is 6.10 Å². The fourth-order valence-corrected chi connectivity index (χ4v) is 2.73. The van der Waals surface area contributed by atoms with E-state index >= 15 is 0 Å². The molecule has 0 N–H and O–H groups in total. The minimum atomic E-state index is 0.439. The van der Waals surface area contributed by atoms with Crippen molar-refractivity contribution >= 4 is 0 Å². The van der Waals surface area contributed by atoms with Crippen LogP contribution in [0.5, 0.6) is 5.75 Å². The summed E-state index contributed by atoms with van der Waals surface area (Å²) < 4.78 is 6.20. The van der Waals surface area contributed by atoms with E-state index in [1.165, 1.54) is 43.2 Å². The van der Waals surface area contributed by atoms with E-state index in [2.05, 4.69) is 39.0 Å². The van der Waals surface area contributed by atoms with Gasteiger partial charge in [-0.25, -0.2) is 0 Å². The Morgan fingerprint density at radius 3 is 2.82 bits per heavy atom. The second-order valence-corrected chi connectivity index (χ2v) is 5.45. The van der Waals surface area contributed by atoms with Crippen molar-refractivity contribution in [1.29, 1.82) is 0 Å². The molecule has 1 aliphatic rings. The van der Waals surface area contributed by atoms with Crippen LogP contribution in [0.25, 0.3) is 0 Å². The summed E-state index contributed by atoms with van der Waals surface area (Å²) in [6.45, 7) is 6.56. The molecule has 0 radical (unpaired) electrons. The standard InChI is InChI=1S/C16H24O/c1-4-14-6-5-7-15(11-14)17-16-10-12(2)8-9-13(16)3/h8-10,14-15H,4-7,11H2,1-3H3. The molecule has 2 rings (SSSR count). The van der Waals surface area contributed by atoms with Crippen LogP contribution in [-0.2, 0) is 0 Å². The van der Waals surface area contributed by atoms with E-state index in [1.807, 2.05) is 0 Å². The first-order valence-corrected chi connectivity index (χ1v) is 6.93. The highest BCUT2D eigenvalue weighted by molar-refractivity contribution is 5.36. The largest absolute Gasteiger partial charge is 0.490 e. The van der Waals surface area contributed by atoms with Crippen LogP contribution < -0.4 is 4.74 Å². The summed E-state index contributed by atoms with van der Waals surface area (Å²) in [5, 5.41) is 0. The Morgan fingerprint density at radius 2 is 2.06 bits per heavy atom. The molecular formula is C16H24O. The maximum atomic E-state index is 6.20. The van der Waals surface area contributed by atoms with Crippen molar-refractivity contribution in [3.8, 4) is 5.75 Å². The molecule has 1 aliphatic carbocycles. The zero-order valence-corrected chi connectivity index (χ0v) is 11.3. The summed E-state index contributed by atoms with van der Waals surface area (Å²) in [5.41, 5.74) is 2.54. The lowest BCUT2D eigenvalue weighted by Crippen LogP contribution is -2.25. The van der Waals surface area contributed by atoms with Crippen LogP contribution in [0.4, 0.5) is 0 Å². The van der Waals surface area contributed by atoms with E-state index in [1.54, 1.807) is 0 Å². The SMILES string of the molecule is CCC1CCCC(Oc2cc(C)ccc2C)C1. The van der Waals surface area contributed by atoms with Gasteiger partial charge in [0, 0.05) is 0 Å². The molecule has 0 bridgehead atoms. The maximum absolute atomic E-state index is 6.20. The molecule has 1 fully saturated rings. The number of rotatable bonds is 3. The molecule has 94 valence electrons. The topological polar surface area (TPSA) is 9.23 Å². The van der Waals surface area contributed by atoms with Gasteiger partial charge >= 0.3 is 0 Å². The number of ether oxygens (including phenoxy) is 1. The van der Waals surface area contributed by atoms with Gasteiger partial charge < -0.3 is 4.74 Å². The van der Waals surface area contributed by atoms with Crippen LogP contribution in [0.2, 0.25) is 0 Å². The fourth-order valence-electron chi connectivity index (χ4n) is 2.73. The van der Waals surface area contributed by atoms with Crippen LogP contribution in [0, 0.1) is 19.8 Å². The van der Waals surface area contributed by atoms with Gasteiger partial charge in [-0.15, -0.1) is 0 Å². The van der Waals surface area contributed by atoms with E-state index in [0.717, 1.165) is 11.7 Å². The van der Waals surface area contributed by atoms with Crippen LogP contribution >= 0.6 is 0 Å². The molecule has 0 spiro atoms. The fraction of sp³-hybridized carbons (Fsp3) is 0.625. The molecular weight excluding hydrogens is 208 g/mol. The molecule has 0 aromatic heterocycles. The first-order chi connectivity index (χ1) is 8.19. The first kappa shape index (κ1) is 12.5. The van der Waals surface area contributed by atoms with Gasteiger partial charge in [0.1, 0.15) is 5.75 Å². The van der Waals surface area contributed by atoms with Gasteiger partial charge in [0.2, 0.25) is 0 Å². The summed E-state index contributed by atoms with van der Waals surface area (Å²) in [6, 6.07) is 6.48. The quantitative estimate of drug-likeness (QED) is 0.737. The third kappa shape index (κ3) is 3.24. The predicted molar refractivity (Wildman–Crippen MR) is 72.6 cm³/mol. The van der Waals surface area contributed by atoms with Crippen molar-refractivity contribution in [3.05, 3.63) is 29.3 Å². The summed E-state index contributed by atoms with van der Waals surface area (Å²) >= 11 is 0. The van der Waals surface area contributed by atoms with E-state index in [-0.39, 0.29) is 0 Å². The zero-order chi connectivity index (χ0) is 12.3. The monoisotopic (exact) mass is 232 g/mol. The summed E-state index contributed by atoms with van der Waals surface area (Å²) in [4.78, 5) is 0. The molecule has 0 saturated heterocycles. The average Bonchev–Trinajstić information content (AvgIpc) is 2.34. The van der Waals surface area contributed by atoms with Gasteiger partial charge in [-0.3, -0.25) is 0 Å². The minimum absolute atomic E-state index is 0.439. The lowest BCUT2D eigenvalue weighted by molar-refractivity contribution is 0.121. The summed E-state index contributed by atoms with van der Waals surface area (Å²) in [7, 11) is 0. The van der Waals surface area contributed by atoms with Crippen LogP contribution in [0.1, 0.15) is 50.2 Å². The van der Waals surface area contributed by atoms with E-state index in [4.69, 9.17) is 4.74 Å². The molecule has 0 amide bonds. The number of hydrogen-bond acceptors (Lipinski definition) is 1. The highest BCUT2D eigenvalue weighted by Crippen LogP contribution is 2.30. The molecule has 1 nitrogen and oxygen atoms in total. The van der Waals surface area contributed by atoms with Gasteiger partial charge in [-0.1, -0.05) is 31.9 Å². The van der Waals surface area contributed by atoms with Gasteiger partial charge in [0.15, 0.2) is 0 Å². The van der Waals surface area contributed by atoms with Gasteiger partial charge in [0.25, 0.3) is 0 Å². The molecule has 1 saturated carbocycles. The van der Waals surface area contributed by atoms with E-state index < -0.39 is 0 Å². The van der Waals surface area contributed by atoms with Crippen LogP contribution in [0.15, 0.2) is 18.2 Å². The van der Waals surface area contributed by atoms with Crippen molar-refractivity contribution in [2.75, 3.05) is 0 Å². The highest BCUT2D eigenvalue weighted by atomic mass is 16.5. The number of benzene rings is 1. The molecule has 0 aliphatic heterocycles. The Labute approximate surface area is 105 Å². The Balaban J connectivity index is 2.02. The van der Waals surface area contributed by atoms with E-state index in [9.17, 15) is 0 Å². The Morgan fingerprint density at radius 1 is 1.24 bits per heavy atom. The van der Waals surface area contributed by atoms with E-state index in [0.29, 0.717) is 6.10 Å². The number of aryl methyl sites for hydroxylation is 2. The maximum Gasteiger partial charge on any atom is 0.122 e. The van der Waals surface area contributed by atoms with Crippen molar-refractivity contribution in [1.82, 2.24) is 0 Å². The van der Waals surface area contributed by atoms with Crippen molar-refractivity contribution < 1.29 is 4.74 Å². The molecule has 1 aromatic rings. The molecule has 1 heteroatoms. The Bertz CT molecular complexity index is 370. The zero-order valence-electron chi connectivity index (χ0n) is 11.3. The van der Waals surface area contributed by atoms with Gasteiger partial charge in [-0.2, -0.15) is 0 Å². The third-order valence-corrected chi connectivity index (χ3v) is 3.95. The van der Waals surface area contributed by atoms with Gasteiger partial charge in [-0.05, 0) is 56.2 Å². The van der Waals surface area contributed by atoms with Crippen LogP contribution in [0.3, 0.4) is 0 Å². The minimum Gasteiger partial charge on any atom is -0.490 e. The lowest BCUT2D eigenvalue weighted by atomic mass is 9.85. The normalized spacial score (nSPS) is 24.6. The Kier molecular flexibility index (Phi) is 4.09. The Hall–Kier alpha value is -0.980. The van der Waals surface area contributed by atoms with Crippen molar-refractivity contribution in [2.45, 2.75) is 59.0 Å². The highest BCUT2D eigenvalue weighted by Gasteiger charge is 2.22. The molecule has 17 heavy (non-hydrogen) atoms. The number of hydrogen-bond donors (Lipinski definition) is 0. The van der Waals surface area contributed by atoms with Crippen molar-refractivity contribution in [3.63, 3.8) is 0 Å². The third-order valence-electron chi connectivity index (χ3n) is 3.95. The van der Waals surface area contributed by atoms with Crippen molar-refractivity contribution in [2.24, 2.45) is 5.92 Å². The lowest BCUT2D eigenvalue weighted by Gasteiger charge is -2.29. The second-order valence-electron chi connectivity index (χ2n) is 5.45. The molecule has 2 atom stereocenters. The molecule has 1 aromatic carbocycles. The molecule has 0 heterocycles. The molecule has 2 unspecified atom stereocenters. The second kappa shape index (κ2) is 5.57. The first-order valence-electron chi connectivity index (χ1n) is 6.93. The predicted octanol–water partition coefficient (Wildman–Crippen LogP) is 4.65. The van der Waals surface area contributed by atoms with Crippen LogP contribution in [-0.4, -0.2) is 6.10 Å². The summed E-state index contributed by atoms with van der Waals surface area (Å²) in [6.07, 6.45) is 6.92. The summed E-state index contributed by atoms with van der Waals surface area (Å²) in [5.74, 6) is 1.96. The smallest absolute Gasteiger partial charge is 0.122 e. The average molecular weight is 232 g/mol.